The Morgan fingerprint density at radius 3 is 2.16 bits per heavy atom. The van der Waals surface area contributed by atoms with E-state index in [1.165, 1.54) is 12.7 Å². The van der Waals surface area contributed by atoms with E-state index in [9.17, 15) is 24.3 Å². The molecule has 0 aromatic heterocycles. The smallest absolute Gasteiger partial charge is 0.320 e. The molecule has 4 saturated carbocycles. The van der Waals surface area contributed by atoms with Gasteiger partial charge in [-0.2, -0.15) is 0 Å². The lowest BCUT2D eigenvalue weighted by Crippen LogP contribution is -2.68. The topological polar surface area (TPSA) is 110 Å². The predicted molar refractivity (Wildman–Crippen MR) is 165 cm³/mol. The first kappa shape index (κ1) is 32.2. The van der Waals surface area contributed by atoms with E-state index in [0.717, 1.165) is 44.9 Å². The number of carboxylic acid groups (broad SMARTS) is 1. The molecule has 5 rings (SSSR count). The lowest BCUT2D eigenvalue weighted by molar-refractivity contribution is -0.190. The van der Waals surface area contributed by atoms with Crippen molar-refractivity contribution in [1.29, 1.82) is 0 Å². The van der Waals surface area contributed by atoms with Gasteiger partial charge < -0.3 is 15.2 Å². The highest BCUT2D eigenvalue weighted by atomic mass is 16.5. The summed E-state index contributed by atoms with van der Waals surface area (Å²) in [5.41, 5.74) is -1.69. The maximum absolute atomic E-state index is 14.6. The zero-order chi connectivity index (χ0) is 32.2. The van der Waals surface area contributed by atoms with Crippen LogP contribution in [0.5, 0.6) is 0 Å². The molecule has 0 radical (unpaired) electrons. The number of esters is 1. The van der Waals surface area contributed by atoms with Crippen molar-refractivity contribution < 1.29 is 29.0 Å². The molecule has 43 heavy (non-hydrogen) atoms. The molecular formula is C36H55NO6. The number of rotatable bonds is 4. The summed E-state index contributed by atoms with van der Waals surface area (Å²) < 4.78 is 4.90. The third-order valence-corrected chi connectivity index (χ3v) is 14.7. The third kappa shape index (κ3) is 4.25. The first-order valence-electron chi connectivity index (χ1n) is 16.5. The largest absolute Gasteiger partial charge is 0.481 e. The fourth-order valence-electron chi connectivity index (χ4n) is 11.3. The van der Waals surface area contributed by atoms with Crippen LogP contribution in [0.25, 0.3) is 0 Å². The summed E-state index contributed by atoms with van der Waals surface area (Å²) >= 11 is 0. The van der Waals surface area contributed by atoms with Gasteiger partial charge in [-0.1, -0.05) is 47.1 Å². The van der Waals surface area contributed by atoms with Crippen LogP contribution in [0.4, 0.5) is 0 Å². The van der Waals surface area contributed by atoms with Crippen molar-refractivity contribution in [3.63, 3.8) is 0 Å². The molecule has 9 unspecified atom stereocenters. The van der Waals surface area contributed by atoms with Crippen molar-refractivity contribution in [3.8, 4) is 0 Å². The van der Waals surface area contributed by atoms with Crippen LogP contribution in [-0.2, 0) is 23.9 Å². The van der Waals surface area contributed by atoms with Crippen molar-refractivity contribution in [2.75, 3.05) is 7.11 Å². The second-order valence-corrected chi connectivity index (χ2v) is 17.6. The molecule has 7 nitrogen and oxygen atoms in total. The fourth-order valence-corrected chi connectivity index (χ4v) is 11.3. The van der Waals surface area contributed by atoms with E-state index in [-0.39, 0.29) is 62.6 Å². The van der Waals surface area contributed by atoms with E-state index in [1.54, 1.807) is 13.8 Å². The summed E-state index contributed by atoms with van der Waals surface area (Å²) in [6.07, 6.45) is 9.73. The lowest BCUT2D eigenvalue weighted by Gasteiger charge is -2.70. The quantitative estimate of drug-likeness (QED) is 0.275. The molecule has 0 saturated heterocycles. The number of carbonyl (C=O) groups excluding carboxylic acids is 3. The average molecular weight is 598 g/mol. The number of methoxy groups -OCH3 is 1. The van der Waals surface area contributed by atoms with Gasteiger partial charge in [-0.3, -0.25) is 19.2 Å². The number of ketones is 1. The molecule has 0 aromatic carbocycles. The van der Waals surface area contributed by atoms with E-state index < -0.39 is 22.8 Å². The van der Waals surface area contributed by atoms with E-state index in [4.69, 9.17) is 4.74 Å². The predicted octanol–water partition coefficient (Wildman–Crippen LogP) is 6.74. The van der Waals surface area contributed by atoms with Crippen LogP contribution in [0, 0.1) is 55.7 Å². The van der Waals surface area contributed by atoms with Gasteiger partial charge in [-0.15, -0.1) is 0 Å². The molecule has 2 N–H and O–H groups in total. The first-order valence-corrected chi connectivity index (χ1v) is 16.5. The van der Waals surface area contributed by atoms with Crippen LogP contribution < -0.4 is 5.32 Å². The molecule has 0 bridgehead atoms. The maximum Gasteiger partial charge on any atom is 0.320 e. The maximum atomic E-state index is 14.6. The van der Waals surface area contributed by atoms with Crippen molar-refractivity contribution in [2.24, 2.45) is 55.7 Å². The van der Waals surface area contributed by atoms with Crippen LogP contribution in [0.3, 0.4) is 0 Å². The van der Waals surface area contributed by atoms with Crippen molar-refractivity contribution >= 4 is 23.6 Å². The monoisotopic (exact) mass is 597 g/mol. The Kier molecular flexibility index (Phi) is 7.24. The number of aliphatic carboxylic acids is 1. The second kappa shape index (κ2) is 9.66. The molecule has 0 aliphatic heterocycles. The molecule has 5 aliphatic rings. The molecule has 1 amide bonds. The number of nitrogens with one attached hydrogen (secondary N) is 1. The Balaban J connectivity index is 1.50. The van der Waals surface area contributed by atoms with Crippen molar-refractivity contribution in [2.45, 2.75) is 126 Å². The number of hydrogen-bond donors (Lipinski definition) is 2. The number of carbonyl (C=O) groups is 4. The normalized spacial score (nSPS) is 45.3. The van der Waals surface area contributed by atoms with Gasteiger partial charge in [0.15, 0.2) is 5.78 Å². The molecule has 9 atom stereocenters. The number of amides is 1. The minimum absolute atomic E-state index is 0.0289. The van der Waals surface area contributed by atoms with Gasteiger partial charge in [-0.25, -0.2) is 0 Å². The van der Waals surface area contributed by atoms with Gasteiger partial charge in [0.05, 0.1) is 12.5 Å². The Labute approximate surface area is 258 Å². The van der Waals surface area contributed by atoms with E-state index in [1.807, 2.05) is 13.0 Å². The summed E-state index contributed by atoms with van der Waals surface area (Å²) in [5, 5.41) is 13.4. The van der Waals surface area contributed by atoms with Crippen molar-refractivity contribution in [3.05, 3.63) is 11.6 Å². The summed E-state index contributed by atoms with van der Waals surface area (Å²) in [6, 6.07) is -0.113. The summed E-state index contributed by atoms with van der Waals surface area (Å²) in [4.78, 5) is 52.6. The average Bonchev–Trinajstić information content (AvgIpc) is 2.91. The molecule has 240 valence electrons. The SMILES string of the molecule is COC(=O)C(C)(C)C(=O)NC1CCC2(C)C(CCC3(C)C2C(=O)C=C2C4CC(C)(C(=O)O)CCC4(C)CCC23C)C1(C)C. The van der Waals surface area contributed by atoms with Gasteiger partial charge in [0.25, 0.3) is 0 Å². The Morgan fingerprint density at radius 2 is 1.56 bits per heavy atom. The molecule has 7 heteroatoms. The van der Waals surface area contributed by atoms with Gasteiger partial charge in [0.1, 0.15) is 5.41 Å². The van der Waals surface area contributed by atoms with E-state index in [2.05, 4.69) is 46.9 Å². The second-order valence-electron chi connectivity index (χ2n) is 17.6. The number of hydrogen-bond acceptors (Lipinski definition) is 5. The Hall–Kier alpha value is -2.18. The highest BCUT2D eigenvalue weighted by molar-refractivity contribution is 6.02. The van der Waals surface area contributed by atoms with Crippen LogP contribution in [0.2, 0.25) is 0 Å². The highest BCUT2D eigenvalue weighted by Gasteiger charge is 2.70. The minimum Gasteiger partial charge on any atom is -0.481 e. The minimum atomic E-state index is -1.28. The first-order chi connectivity index (χ1) is 19.6. The van der Waals surface area contributed by atoms with Gasteiger partial charge in [0, 0.05) is 12.0 Å². The van der Waals surface area contributed by atoms with Crippen LogP contribution in [0.15, 0.2) is 11.6 Å². The van der Waals surface area contributed by atoms with Gasteiger partial charge in [-0.05, 0) is 124 Å². The summed E-state index contributed by atoms with van der Waals surface area (Å²) in [5.74, 6) is -1.17. The molecule has 0 spiro atoms. The number of carboxylic acids is 1. The lowest BCUT2D eigenvalue weighted by atomic mass is 9.33. The number of fused-ring (bicyclic) bond motifs is 7. The summed E-state index contributed by atoms with van der Waals surface area (Å²) in [6.45, 7) is 19.0. The Bertz CT molecular complexity index is 1280. The zero-order valence-corrected chi connectivity index (χ0v) is 28.2. The zero-order valence-electron chi connectivity index (χ0n) is 28.2. The number of ether oxygens (including phenoxy) is 1. The summed E-state index contributed by atoms with van der Waals surface area (Å²) in [7, 11) is 1.31. The Morgan fingerprint density at radius 1 is 0.930 bits per heavy atom. The van der Waals surface area contributed by atoms with Crippen LogP contribution in [0.1, 0.15) is 120 Å². The molecule has 0 aromatic rings. The van der Waals surface area contributed by atoms with Crippen LogP contribution in [-0.4, -0.2) is 41.9 Å². The molecule has 0 heterocycles. The highest BCUT2D eigenvalue weighted by Crippen LogP contribution is 2.75. The van der Waals surface area contributed by atoms with Crippen molar-refractivity contribution in [1.82, 2.24) is 5.32 Å². The van der Waals surface area contributed by atoms with Gasteiger partial charge in [0.2, 0.25) is 5.91 Å². The van der Waals surface area contributed by atoms with Crippen LogP contribution >= 0.6 is 0 Å². The number of allylic oxidation sites excluding steroid dienone is 2. The molecular weight excluding hydrogens is 542 g/mol. The fraction of sp³-hybridized carbons (Fsp3) is 0.833. The van der Waals surface area contributed by atoms with E-state index in [0.29, 0.717) is 12.8 Å². The third-order valence-electron chi connectivity index (χ3n) is 14.7. The van der Waals surface area contributed by atoms with Gasteiger partial charge >= 0.3 is 11.9 Å². The molecule has 5 aliphatic carbocycles. The standard InChI is InChI=1S/C36H55NO6/c1-30(2)24-11-14-36(9)26(34(24,7)13-12-25(30)37-27(39)31(3,4)29(42)43-10)23(38)19-21-22-20-33(6,28(40)41)16-15-32(22,5)17-18-35(21,36)8/h19,22,24-26H,11-18,20H2,1-10H3,(H,37,39)(H,40,41). The van der Waals surface area contributed by atoms with E-state index >= 15 is 0 Å². The molecule has 4 fully saturated rings.